The normalized spacial score (nSPS) is 14.1. The van der Waals surface area contributed by atoms with E-state index in [1.807, 2.05) is 54.6 Å². The minimum atomic E-state index is -0.857. The second-order valence-corrected chi connectivity index (χ2v) is 8.45. The fraction of sp³-hybridized carbons (Fsp3) is 0.179. The molecular weight excluding hydrogens is 470 g/mol. The zero-order chi connectivity index (χ0) is 25.6. The van der Waals surface area contributed by atoms with E-state index < -0.39 is 12.0 Å². The van der Waals surface area contributed by atoms with Crippen molar-refractivity contribution in [2.24, 2.45) is 5.73 Å². The molecule has 3 heterocycles. The number of fused-ring (bicyclic) bond motifs is 1. The van der Waals surface area contributed by atoms with Crippen molar-refractivity contribution >= 4 is 17.3 Å². The highest BCUT2D eigenvalue weighted by Crippen LogP contribution is 2.41. The zero-order valence-electron chi connectivity index (χ0n) is 20.3. The van der Waals surface area contributed by atoms with Crippen molar-refractivity contribution in [1.82, 2.24) is 15.3 Å². The number of hydrogen-bond acceptors (Lipinski definition) is 8. The fourth-order valence-corrected chi connectivity index (χ4v) is 3.97. The van der Waals surface area contributed by atoms with Crippen molar-refractivity contribution in [3.8, 4) is 28.6 Å². The van der Waals surface area contributed by atoms with E-state index in [2.05, 4.69) is 32.7 Å². The summed E-state index contributed by atoms with van der Waals surface area (Å²) >= 11 is 0. The van der Waals surface area contributed by atoms with Crippen LogP contribution in [0.25, 0.3) is 11.3 Å². The van der Waals surface area contributed by atoms with Crippen molar-refractivity contribution in [1.29, 1.82) is 0 Å². The monoisotopic (exact) mass is 497 g/mol. The number of methoxy groups -OCH3 is 1. The molecule has 0 radical (unpaired) electrons. The quantitative estimate of drug-likeness (QED) is 0.319. The first-order chi connectivity index (χ1) is 18.1. The zero-order valence-corrected chi connectivity index (χ0v) is 20.3. The van der Waals surface area contributed by atoms with Crippen LogP contribution < -0.4 is 30.6 Å². The lowest BCUT2D eigenvalue weighted by Crippen LogP contribution is -2.41. The third-order valence-electron chi connectivity index (χ3n) is 5.87. The minimum Gasteiger partial charge on any atom is -0.485 e. The number of carbonyl (C=O) groups is 1. The molecule has 0 spiro atoms. The molecule has 2 aromatic carbocycles. The molecule has 1 unspecified atom stereocenters. The number of para-hydroxylation sites is 1. The second kappa shape index (κ2) is 11.0. The molecule has 1 atom stereocenters. The summed E-state index contributed by atoms with van der Waals surface area (Å²) in [4.78, 5) is 20.6. The maximum absolute atomic E-state index is 11.6. The first-order valence-electron chi connectivity index (χ1n) is 11.8. The molecule has 1 amide bonds. The van der Waals surface area contributed by atoms with Crippen LogP contribution in [0.3, 0.4) is 0 Å². The standard InChI is InChI=1S/C28H27N5O4/c1-35-28-23(32-19-10-8-18(9-11-19)15-30-16-20-5-2-3-14-31-20)13-12-22(33-28)21-6-4-7-24-26(21)37-25(17-36-24)27(29)34/h2-14,25,30,32H,15-17H2,1H3,(H2,29,34). The molecule has 1 aliphatic heterocycles. The number of amides is 1. The van der Waals surface area contributed by atoms with Crippen molar-refractivity contribution in [2.75, 3.05) is 19.0 Å². The number of anilines is 2. The van der Waals surface area contributed by atoms with Gasteiger partial charge in [-0.25, -0.2) is 4.98 Å². The lowest BCUT2D eigenvalue weighted by atomic mass is 10.1. The average molecular weight is 498 g/mol. The molecule has 9 heteroatoms. The Morgan fingerprint density at radius 3 is 2.68 bits per heavy atom. The molecule has 37 heavy (non-hydrogen) atoms. The van der Waals surface area contributed by atoms with Crippen LogP contribution in [-0.4, -0.2) is 35.7 Å². The van der Waals surface area contributed by atoms with Crippen LogP contribution in [0.5, 0.6) is 17.4 Å². The summed E-state index contributed by atoms with van der Waals surface area (Å²) in [6, 6.07) is 23.2. The Labute approximate surface area is 214 Å². The maximum Gasteiger partial charge on any atom is 0.262 e. The van der Waals surface area contributed by atoms with Gasteiger partial charge in [0.25, 0.3) is 5.91 Å². The van der Waals surface area contributed by atoms with Crippen LogP contribution in [0.2, 0.25) is 0 Å². The molecule has 0 saturated carbocycles. The van der Waals surface area contributed by atoms with E-state index in [0.29, 0.717) is 40.9 Å². The molecule has 0 aliphatic carbocycles. The predicted molar refractivity (Wildman–Crippen MR) is 140 cm³/mol. The number of primary amides is 1. The van der Waals surface area contributed by atoms with Crippen LogP contribution in [0, 0.1) is 0 Å². The van der Waals surface area contributed by atoms with Gasteiger partial charge in [-0.1, -0.05) is 24.3 Å². The number of nitrogens with zero attached hydrogens (tertiary/aromatic N) is 2. The third kappa shape index (κ3) is 5.62. The first kappa shape index (κ1) is 24.1. The molecule has 4 aromatic rings. The van der Waals surface area contributed by atoms with Crippen LogP contribution in [0.15, 0.2) is 79.0 Å². The number of pyridine rings is 2. The van der Waals surface area contributed by atoms with Crippen molar-refractivity contribution in [3.63, 3.8) is 0 Å². The fourth-order valence-electron chi connectivity index (χ4n) is 3.97. The number of nitrogens with one attached hydrogen (secondary N) is 2. The van der Waals surface area contributed by atoms with Gasteiger partial charge in [0.2, 0.25) is 12.0 Å². The molecule has 9 nitrogen and oxygen atoms in total. The van der Waals surface area contributed by atoms with Gasteiger partial charge in [-0.05, 0) is 54.1 Å². The van der Waals surface area contributed by atoms with Crippen LogP contribution in [-0.2, 0) is 17.9 Å². The van der Waals surface area contributed by atoms with E-state index in [-0.39, 0.29) is 6.61 Å². The largest absolute Gasteiger partial charge is 0.485 e. The van der Waals surface area contributed by atoms with Gasteiger partial charge >= 0.3 is 0 Å². The third-order valence-corrected chi connectivity index (χ3v) is 5.87. The number of carbonyl (C=O) groups excluding carboxylic acids is 1. The molecule has 4 N–H and O–H groups in total. The summed E-state index contributed by atoms with van der Waals surface area (Å²) < 4.78 is 17.1. The van der Waals surface area contributed by atoms with Gasteiger partial charge in [0.1, 0.15) is 12.3 Å². The Hall–Kier alpha value is -4.63. The summed E-state index contributed by atoms with van der Waals surface area (Å²) in [6.45, 7) is 1.52. The van der Waals surface area contributed by atoms with Crippen molar-refractivity contribution in [3.05, 3.63) is 90.3 Å². The summed E-state index contributed by atoms with van der Waals surface area (Å²) in [5, 5.41) is 6.76. The lowest BCUT2D eigenvalue weighted by Gasteiger charge is -2.26. The predicted octanol–water partition coefficient (Wildman–Crippen LogP) is 3.81. The van der Waals surface area contributed by atoms with Crippen LogP contribution in [0.4, 0.5) is 11.4 Å². The number of benzene rings is 2. The summed E-state index contributed by atoms with van der Waals surface area (Å²) in [5.74, 6) is 0.799. The van der Waals surface area contributed by atoms with E-state index in [9.17, 15) is 4.79 Å². The summed E-state index contributed by atoms with van der Waals surface area (Å²) in [7, 11) is 1.57. The van der Waals surface area contributed by atoms with Gasteiger partial charge in [0, 0.05) is 30.5 Å². The highest BCUT2D eigenvalue weighted by atomic mass is 16.6. The SMILES string of the molecule is COc1nc(-c2cccc3c2OC(C(N)=O)CO3)ccc1Nc1ccc(CNCc2ccccn2)cc1. The van der Waals surface area contributed by atoms with Gasteiger partial charge in [-0.3, -0.25) is 9.78 Å². The molecule has 188 valence electrons. The minimum absolute atomic E-state index is 0.0739. The van der Waals surface area contributed by atoms with E-state index in [0.717, 1.165) is 23.5 Å². The topological polar surface area (TPSA) is 121 Å². The first-order valence-corrected chi connectivity index (χ1v) is 11.8. The molecule has 1 aliphatic rings. The Balaban J connectivity index is 1.28. The molecule has 0 fully saturated rings. The molecular formula is C28H27N5O4. The number of aromatic nitrogens is 2. The van der Waals surface area contributed by atoms with E-state index in [4.69, 9.17) is 19.9 Å². The van der Waals surface area contributed by atoms with E-state index in [1.54, 1.807) is 19.4 Å². The van der Waals surface area contributed by atoms with Gasteiger partial charge in [0.05, 0.1) is 18.5 Å². The van der Waals surface area contributed by atoms with Crippen LogP contribution >= 0.6 is 0 Å². The Kier molecular flexibility index (Phi) is 7.14. The smallest absolute Gasteiger partial charge is 0.262 e. The maximum atomic E-state index is 11.6. The Morgan fingerprint density at radius 1 is 1.05 bits per heavy atom. The number of hydrogen-bond donors (Lipinski definition) is 3. The van der Waals surface area contributed by atoms with Crippen LogP contribution in [0.1, 0.15) is 11.3 Å². The van der Waals surface area contributed by atoms with Gasteiger partial charge < -0.3 is 30.6 Å². The molecule has 0 saturated heterocycles. The number of nitrogens with two attached hydrogens (primary N) is 1. The van der Waals surface area contributed by atoms with Gasteiger partial charge in [-0.15, -0.1) is 0 Å². The van der Waals surface area contributed by atoms with Crippen molar-refractivity contribution < 1.29 is 19.0 Å². The number of rotatable bonds is 9. The highest BCUT2D eigenvalue weighted by molar-refractivity contribution is 5.81. The lowest BCUT2D eigenvalue weighted by molar-refractivity contribution is -0.126. The molecule has 0 bridgehead atoms. The van der Waals surface area contributed by atoms with Gasteiger partial charge in [-0.2, -0.15) is 0 Å². The molecule has 2 aromatic heterocycles. The van der Waals surface area contributed by atoms with Gasteiger partial charge in [0.15, 0.2) is 11.5 Å². The summed E-state index contributed by atoms with van der Waals surface area (Å²) in [5.41, 5.74) is 10.5. The number of ether oxygens (including phenoxy) is 3. The average Bonchev–Trinajstić information content (AvgIpc) is 2.94. The Bertz CT molecular complexity index is 1380. The second-order valence-electron chi connectivity index (χ2n) is 8.45. The highest BCUT2D eigenvalue weighted by Gasteiger charge is 2.28. The van der Waals surface area contributed by atoms with E-state index in [1.165, 1.54) is 0 Å². The Morgan fingerprint density at radius 2 is 1.92 bits per heavy atom. The summed E-state index contributed by atoms with van der Waals surface area (Å²) in [6.07, 6.45) is 0.937. The molecule has 5 rings (SSSR count). The van der Waals surface area contributed by atoms with E-state index >= 15 is 0 Å². The van der Waals surface area contributed by atoms with Crippen molar-refractivity contribution in [2.45, 2.75) is 19.2 Å².